The smallest absolute Gasteiger partial charge is 0.326 e. The van der Waals surface area contributed by atoms with E-state index in [-0.39, 0.29) is 37.4 Å². The van der Waals surface area contributed by atoms with E-state index in [4.69, 9.17) is 5.73 Å². The summed E-state index contributed by atoms with van der Waals surface area (Å²) >= 11 is 0. The number of halogens is 3. The van der Waals surface area contributed by atoms with Crippen molar-refractivity contribution in [2.45, 2.75) is 38.0 Å². The normalized spacial score (nSPS) is 25.4. The summed E-state index contributed by atoms with van der Waals surface area (Å²) in [5.74, 6) is -0.272. The van der Waals surface area contributed by atoms with E-state index in [0.29, 0.717) is 0 Å². The van der Waals surface area contributed by atoms with Crippen LogP contribution in [0.3, 0.4) is 0 Å². The lowest BCUT2D eigenvalue weighted by molar-refractivity contribution is -0.188. The van der Waals surface area contributed by atoms with Gasteiger partial charge in [0, 0.05) is 12.6 Å². The monoisotopic (exact) mass is 288 g/mol. The number of sulfone groups is 1. The zero-order valence-electron chi connectivity index (χ0n) is 10.3. The quantitative estimate of drug-likeness (QED) is 0.833. The molecule has 2 N–H and O–H groups in total. The van der Waals surface area contributed by atoms with Crippen LogP contribution in [-0.4, -0.2) is 56.2 Å². The highest BCUT2D eigenvalue weighted by atomic mass is 32.2. The van der Waals surface area contributed by atoms with E-state index in [1.54, 1.807) is 6.92 Å². The van der Waals surface area contributed by atoms with Crippen LogP contribution in [0.5, 0.6) is 0 Å². The number of alkyl halides is 3. The van der Waals surface area contributed by atoms with Crippen LogP contribution in [0.25, 0.3) is 0 Å². The fourth-order valence-electron chi connectivity index (χ4n) is 2.18. The highest BCUT2D eigenvalue weighted by Gasteiger charge is 2.47. The largest absolute Gasteiger partial charge is 0.405 e. The van der Waals surface area contributed by atoms with Crippen LogP contribution >= 0.6 is 0 Å². The number of rotatable bonds is 3. The number of nitrogens with two attached hydrogens (primary N) is 1. The number of nitrogens with zero attached hydrogens (tertiary/aromatic N) is 1. The van der Waals surface area contributed by atoms with Crippen LogP contribution in [0.15, 0.2) is 0 Å². The molecule has 0 spiro atoms. The fraction of sp³-hybridized carbons (Fsp3) is 1.00. The van der Waals surface area contributed by atoms with Gasteiger partial charge >= 0.3 is 6.18 Å². The summed E-state index contributed by atoms with van der Waals surface area (Å²) in [7, 11) is -3.21. The Kier molecular flexibility index (Phi) is 5.02. The van der Waals surface area contributed by atoms with E-state index in [1.165, 1.54) is 4.90 Å². The Morgan fingerprint density at radius 1 is 1.28 bits per heavy atom. The average molecular weight is 288 g/mol. The summed E-state index contributed by atoms with van der Waals surface area (Å²) in [5.41, 5.74) is 5.54. The van der Waals surface area contributed by atoms with Gasteiger partial charge in [0.15, 0.2) is 9.84 Å². The van der Waals surface area contributed by atoms with Gasteiger partial charge in [0.2, 0.25) is 0 Å². The van der Waals surface area contributed by atoms with Crippen molar-refractivity contribution < 1.29 is 21.6 Å². The zero-order chi connectivity index (χ0) is 14.0. The highest BCUT2D eigenvalue weighted by molar-refractivity contribution is 7.91. The van der Waals surface area contributed by atoms with Crippen LogP contribution in [0.4, 0.5) is 13.2 Å². The van der Waals surface area contributed by atoms with Crippen LogP contribution in [0.1, 0.15) is 19.8 Å². The second-order valence-corrected chi connectivity index (χ2v) is 6.90. The Bertz CT molecular complexity index is 370. The van der Waals surface area contributed by atoms with Crippen LogP contribution < -0.4 is 5.73 Å². The van der Waals surface area contributed by atoms with E-state index >= 15 is 0 Å². The molecule has 0 amide bonds. The first kappa shape index (κ1) is 15.7. The second kappa shape index (κ2) is 5.75. The van der Waals surface area contributed by atoms with Gasteiger partial charge in [0.25, 0.3) is 0 Å². The molecule has 0 saturated carbocycles. The van der Waals surface area contributed by atoms with E-state index in [1.807, 2.05) is 0 Å². The molecule has 18 heavy (non-hydrogen) atoms. The van der Waals surface area contributed by atoms with Crippen LogP contribution in [-0.2, 0) is 9.84 Å². The predicted molar refractivity (Wildman–Crippen MR) is 63.0 cm³/mol. The molecule has 0 aromatic rings. The van der Waals surface area contributed by atoms with E-state index in [0.717, 1.165) is 0 Å². The maximum atomic E-state index is 13.0. The van der Waals surface area contributed by atoms with Gasteiger partial charge in [0.05, 0.1) is 11.5 Å². The Hall–Kier alpha value is -0.340. The first-order valence-electron chi connectivity index (χ1n) is 5.94. The van der Waals surface area contributed by atoms with Crippen LogP contribution in [0.2, 0.25) is 0 Å². The number of hydrogen-bond donors (Lipinski definition) is 1. The molecule has 1 fully saturated rings. The summed E-state index contributed by atoms with van der Waals surface area (Å²) in [4.78, 5) is 1.17. The Morgan fingerprint density at radius 3 is 2.39 bits per heavy atom. The van der Waals surface area contributed by atoms with Crippen LogP contribution in [0, 0.1) is 0 Å². The van der Waals surface area contributed by atoms with Crippen molar-refractivity contribution in [2.75, 3.05) is 24.6 Å². The molecule has 1 rings (SSSR count). The molecule has 1 saturated heterocycles. The lowest BCUT2D eigenvalue weighted by Crippen LogP contribution is -2.56. The predicted octanol–water partition coefficient (Wildman–Crippen LogP) is 0.775. The minimum atomic E-state index is -4.43. The molecule has 0 bridgehead atoms. The molecule has 0 aromatic carbocycles. The third-order valence-electron chi connectivity index (χ3n) is 3.20. The first-order valence-corrected chi connectivity index (χ1v) is 7.76. The molecule has 1 heterocycles. The van der Waals surface area contributed by atoms with Crippen molar-refractivity contribution in [3.05, 3.63) is 0 Å². The van der Waals surface area contributed by atoms with E-state index < -0.39 is 28.1 Å². The maximum Gasteiger partial charge on any atom is 0.405 e. The van der Waals surface area contributed by atoms with Gasteiger partial charge in [-0.25, -0.2) is 8.42 Å². The average Bonchev–Trinajstić information content (AvgIpc) is 2.38. The van der Waals surface area contributed by atoms with Crippen molar-refractivity contribution in [2.24, 2.45) is 5.73 Å². The van der Waals surface area contributed by atoms with Crippen molar-refractivity contribution in [1.82, 2.24) is 4.90 Å². The van der Waals surface area contributed by atoms with Gasteiger partial charge < -0.3 is 5.73 Å². The number of hydrogen-bond acceptors (Lipinski definition) is 4. The second-order valence-electron chi connectivity index (χ2n) is 4.60. The van der Waals surface area contributed by atoms with Gasteiger partial charge in [-0.3, -0.25) is 4.90 Å². The summed E-state index contributed by atoms with van der Waals surface area (Å²) < 4.78 is 61.8. The lowest BCUT2D eigenvalue weighted by Gasteiger charge is -2.35. The molecule has 8 heteroatoms. The van der Waals surface area contributed by atoms with Gasteiger partial charge in [-0.15, -0.1) is 0 Å². The minimum Gasteiger partial charge on any atom is -0.326 e. The third-order valence-corrected chi connectivity index (χ3v) is 4.91. The molecule has 2 atom stereocenters. The molecule has 4 nitrogen and oxygen atoms in total. The SMILES string of the molecule is CCC(N)C(N1CCCS(=O)(=O)CC1)C(F)(F)F. The Morgan fingerprint density at radius 2 is 1.89 bits per heavy atom. The summed E-state index contributed by atoms with van der Waals surface area (Å²) in [6, 6.07) is -2.78. The lowest BCUT2D eigenvalue weighted by atomic mass is 10.0. The molecular weight excluding hydrogens is 269 g/mol. The molecule has 1 aliphatic rings. The molecule has 0 aliphatic carbocycles. The molecule has 1 aliphatic heterocycles. The Balaban J connectivity index is 2.87. The molecule has 0 aromatic heterocycles. The molecule has 108 valence electrons. The first-order chi connectivity index (χ1) is 8.17. The summed E-state index contributed by atoms with van der Waals surface area (Å²) in [5, 5.41) is 0. The van der Waals surface area contributed by atoms with Gasteiger partial charge in [-0.05, 0) is 19.4 Å². The van der Waals surface area contributed by atoms with Crippen molar-refractivity contribution in [3.63, 3.8) is 0 Å². The zero-order valence-corrected chi connectivity index (χ0v) is 11.1. The van der Waals surface area contributed by atoms with Crippen molar-refractivity contribution in [1.29, 1.82) is 0 Å². The maximum absolute atomic E-state index is 13.0. The fourth-order valence-corrected chi connectivity index (χ4v) is 3.47. The Labute approximate surface area is 105 Å². The van der Waals surface area contributed by atoms with Crippen molar-refractivity contribution >= 4 is 9.84 Å². The van der Waals surface area contributed by atoms with Gasteiger partial charge in [-0.2, -0.15) is 13.2 Å². The van der Waals surface area contributed by atoms with E-state index in [9.17, 15) is 21.6 Å². The standard InChI is InChI=1S/C10H19F3N2O2S/c1-2-8(14)9(10(11,12)13)15-4-3-6-18(16,17)7-5-15/h8-9H,2-7,14H2,1H3. The van der Waals surface area contributed by atoms with Gasteiger partial charge in [-0.1, -0.05) is 6.92 Å². The van der Waals surface area contributed by atoms with E-state index in [2.05, 4.69) is 0 Å². The minimum absolute atomic E-state index is 0.0462. The molecule has 2 unspecified atom stereocenters. The highest BCUT2D eigenvalue weighted by Crippen LogP contribution is 2.28. The third kappa shape index (κ3) is 4.10. The van der Waals surface area contributed by atoms with Crippen molar-refractivity contribution in [3.8, 4) is 0 Å². The summed E-state index contributed by atoms with van der Waals surface area (Å²) in [6.07, 6.45) is -4.00. The van der Waals surface area contributed by atoms with Gasteiger partial charge in [0.1, 0.15) is 6.04 Å². The topological polar surface area (TPSA) is 63.4 Å². The molecule has 0 radical (unpaired) electrons. The molecular formula is C10H19F3N2O2S. The summed E-state index contributed by atoms with van der Waals surface area (Å²) in [6.45, 7) is 1.62.